The molecule has 2 saturated heterocycles. The van der Waals surface area contributed by atoms with E-state index >= 15 is 0 Å². The van der Waals surface area contributed by atoms with Gasteiger partial charge in [0.2, 0.25) is 5.91 Å². The van der Waals surface area contributed by atoms with Crippen molar-refractivity contribution >= 4 is 11.9 Å². The number of rotatable bonds is 5. The first kappa shape index (κ1) is 16.3. The molecule has 2 N–H and O–H groups in total. The van der Waals surface area contributed by atoms with Gasteiger partial charge < -0.3 is 15.3 Å². The smallest absolute Gasteiger partial charge is 0.326 e. The van der Waals surface area contributed by atoms with Crippen LogP contribution in [0, 0.1) is 11.8 Å². The summed E-state index contributed by atoms with van der Waals surface area (Å²) in [6, 6.07) is -0.607. The number of carbonyl (C=O) groups excluding carboxylic acids is 1. The highest BCUT2D eigenvalue weighted by Gasteiger charge is 2.35. The van der Waals surface area contributed by atoms with Crippen molar-refractivity contribution in [2.45, 2.75) is 57.9 Å². The number of amides is 1. The Labute approximate surface area is 127 Å². The van der Waals surface area contributed by atoms with Gasteiger partial charge in [-0.05, 0) is 57.0 Å². The molecule has 5 heteroatoms. The lowest BCUT2D eigenvalue weighted by atomic mass is 9.88. The predicted octanol–water partition coefficient (Wildman–Crippen LogP) is 1.87. The van der Waals surface area contributed by atoms with E-state index in [9.17, 15) is 14.7 Å². The normalized spacial score (nSPS) is 27.6. The standard InChI is InChI=1S/C16H28N2O3/c1-2-12-7-10-18(14(11-12)16(20)21)15(19)4-3-13-5-8-17-9-6-13/h12-14,17H,2-11H2,1H3,(H,20,21). The van der Waals surface area contributed by atoms with Crippen LogP contribution in [0.3, 0.4) is 0 Å². The van der Waals surface area contributed by atoms with Crippen molar-refractivity contribution in [1.29, 1.82) is 0 Å². The molecule has 2 fully saturated rings. The van der Waals surface area contributed by atoms with E-state index in [1.54, 1.807) is 4.90 Å². The third-order valence-corrected chi connectivity index (χ3v) is 5.12. The van der Waals surface area contributed by atoms with Crippen molar-refractivity contribution < 1.29 is 14.7 Å². The molecule has 120 valence electrons. The summed E-state index contributed by atoms with van der Waals surface area (Å²) < 4.78 is 0. The SMILES string of the molecule is CCC1CCN(C(=O)CCC2CCNCC2)C(C(=O)O)C1. The van der Waals surface area contributed by atoms with Crippen LogP contribution >= 0.6 is 0 Å². The van der Waals surface area contributed by atoms with Crippen LogP contribution in [0.25, 0.3) is 0 Å². The van der Waals surface area contributed by atoms with Crippen molar-refractivity contribution in [2.75, 3.05) is 19.6 Å². The topological polar surface area (TPSA) is 69.6 Å². The Morgan fingerprint density at radius 2 is 1.90 bits per heavy atom. The van der Waals surface area contributed by atoms with Gasteiger partial charge in [-0.25, -0.2) is 4.79 Å². The van der Waals surface area contributed by atoms with Gasteiger partial charge in [-0.1, -0.05) is 13.3 Å². The third kappa shape index (κ3) is 4.43. The molecule has 0 saturated carbocycles. The lowest BCUT2D eigenvalue weighted by Crippen LogP contribution is -2.50. The number of likely N-dealkylation sites (tertiary alicyclic amines) is 1. The van der Waals surface area contributed by atoms with Gasteiger partial charge in [-0.3, -0.25) is 4.79 Å². The zero-order valence-corrected chi connectivity index (χ0v) is 13.0. The fourth-order valence-corrected chi connectivity index (χ4v) is 3.58. The van der Waals surface area contributed by atoms with E-state index in [-0.39, 0.29) is 5.91 Å². The summed E-state index contributed by atoms with van der Waals surface area (Å²) in [5.74, 6) is 0.255. The fraction of sp³-hybridized carbons (Fsp3) is 0.875. The second-order valence-corrected chi connectivity index (χ2v) is 6.47. The van der Waals surface area contributed by atoms with Gasteiger partial charge in [0.15, 0.2) is 0 Å². The van der Waals surface area contributed by atoms with E-state index in [1.807, 2.05) is 0 Å². The van der Waals surface area contributed by atoms with Crippen molar-refractivity contribution in [3.63, 3.8) is 0 Å². The van der Waals surface area contributed by atoms with Crippen LogP contribution < -0.4 is 5.32 Å². The molecule has 5 nitrogen and oxygen atoms in total. The maximum atomic E-state index is 12.4. The molecule has 1 amide bonds. The number of aliphatic carboxylic acids is 1. The Bertz CT molecular complexity index is 367. The molecule has 0 aromatic heterocycles. The van der Waals surface area contributed by atoms with Crippen LogP contribution in [0.2, 0.25) is 0 Å². The highest BCUT2D eigenvalue weighted by atomic mass is 16.4. The number of carbonyl (C=O) groups is 2. The summed E-state index contributed by atoms with van der Waals surface area (Å²) in [6.45, 7) is 4.79. The lowest BCUT2D eigenvalue weighted by molar-refractivity contribution is -0.153. The summed E-state index contributed by atoms with van der Waals surface area (Å²) >= 11 is 0. The summed E-state index contributed by atoms with van der Waals surface area (Å²) in [5, 5.41) is 12.7. The molecule has 2 aliphatic heterocycles. The monoisotopic (exact) mass is 296 g/mol. The molecule has 2 heterocycles. The zero-order chi connectivity index (χ0) is 15.2. The second kappa shape index (κ2) is 7.78. The number of carboxylic acids is 1. The zero-order valence-electron chi connectivity index (χ0n) is 13.0. The molecule has 0 aliphatic carbocycles. The summed E-state index contributed by atoms with van der Waals surface area (Å²) in [5.41, 5.74) is 0. The molecule has 2 atom stereocenters. The van der Waals surface area contributed by atoms with Gasteiger partial charge in [0, 0.05) is 13.0 Å². The van der Waals surface area contributed by atoms with Crippen LogP contribution in [0.4, 0.5) is 0 Å². The minimum atomic E-state index is -0.844. The Balaban J connectivity index is 1.85. The predicted molar refractivity (Wildman–Crippen MR) is 81.0 cm³/mol. The Kier molecular flexibility index (Phi) is 6.03. The van der Waals surface area contributed by atoms with Crippen LogP contribution in [0.5, 0.6) is 0 Å². The molecule has 2 aliphatic rings. The Morgan fingerprint density at radius 1 is 1.19 bits per heavy atom. The van der Waals surface area contributed by atoms with E-state index in [1.165, 1.54) is 0 Å². The first-order chi connectivity index (χ1) is 10.1. The minimum Gasteiger partial charge on any atom is -0.480 e. The second-order valence-electron chi connectivity index (χ2n) is 6.47. The van der Waals surface area contributed by atoms with Gasteiger partial charge in [0.1, 0.15) is 6.04 Å². The van der Waals surface area contributed by atoms with Crippen molar-refractivity contribution in [2.24, 2.45) is 11.8 Å². The Hall–Kier alpha value is -1.10. The highest BCUT2D eigenvalue weighted by Crippen LogP contribution is 2.27. The van der Waals surface area contributed by atoms with E-state index in [0.29, 0.717) is 31.2 Å². The molecule has 21 heavy (non-hydrogen) atoms. The number of nitrogens with one attached hydrogen (secondary N) is 1. The molecule has 0 aromatic rings. The molecule has 0 aromatic carbocycles. The fourth-order valence-electron chi connectivity index (χ4n) is 3.58. The van der Waals surface area contributed by atoms with Gasteiger partial charge in [0.25, 0.3) is 0 Å². The number of hydrogen-bond donors (Lipinski definition) is 2. The number of carboxylic acid groups (broad SMARTS) is 1. The van der Waals surface area contributed by atoms with Crippen molar-refractivity contribution in [3.05, 3.63) is 0 Å². The summed E-state index contributed by atoms with van der Waals surface area (Å²) in [4.78, 5) is 25.5. The van der Waals surface area contributed by atoms with Gasteiger partial charge in [-0.2, -0.15) is 0 Å². The molecule has 0 bridgehead atoms. The number of nitrogens with zero attached hydrogens (tertiary/aromatic N) is 1. The summed E-state index contributed by atoms with van der Waals surface area (Å²) in [7, 11) is 0. The molecular weight excluding hydrogens is 268 g/mol. The maximum absolute atomic E-state index is 12.4. The lowest BCUT2D eigenvalue weighted by Gasteiger charge is -2.37. The van der Waals surface area contributed by atoms with Crippen molar-refractivity contribution in [3.8, 4) is 0 Å². The number of hydrogen-bond acceptors (Lipinski definition) is 3. The average Bonchev–Trinajstić information content (AvgIpc) is 2.52. The van der Waals surface area contributed by atoms with Gasteiger partial charge >= 0.3 is 5.97 Å². The summed E-state index contributed by atoms with van der Waals surface area (Å²) in [6.07, 6.45) is 6.23. The quantitative estimate of drug-likeness (QED) is 0.812. The van der Waals surface area contributed by atoms with E-state index < -0.39 is 12.0 Å². The van der Waals surface area contributed by atoms with Gasteiger partial charge in [0.05, 0.1) is 0 Å². The van der Waals surface area contributed by atoms with Crippen LogP contribution in [-0.4, -0.2) is 47.6 Å². The number of piperidine rings is 2. The molecular formula is C16H28N2O3. The molecule has 0 radical (unpaired) electrons. The van der Waals surface area contributed by atoms with Crippen LogP contribution in [-0.2, 0) is 9.59 Å². The van der Waals surface area contributed by atoms with Crippen molar-refractivity contribution in [1.82, 2.24) is 10.2 Å². The third-order valence-electron chi connectivity index (χ3n) is 5.12. The highest BCUT2D eigenvalue weighted by molar-refractivity contribution is 5.83. The average molecular weight is 296 g/mol. The molecule has 2 rings (SSSR count). The minimum absolute atomic E-state index is 0.0375. The van der Waals surface area contributed by atoms with Crippen LogP contribution in [0.1, 0.15) is 51.9 Å². The largest absolute Gasteiger partial charge is 0.480 e. The first-order valence-corrected chi connectivity index (χ1v) is 8.34. The molecule has 0 spiro atoms. The first-order valence-electron chi connectivity index (χ1n) is 8.34. The van der Waals surface area contributed by atoms with E-state index in [2.05, 4.69) is 12.2 Å². The van der Waals surface area contributed by atoms with Crippen LogP contribution in [0.15, 0.2) is 0 Å². The maximum Gasteiger partial charge on any atom is 0.326 e. The van der Waals surface area contributed by atoms with E-state index in [0.717, 1.165) is 45.2 Å². The van der Waals surface area contributed by atoms with Gasteiger partial charge in [-0.15, -0.1) is 0 Å². The van der Waals surface area contributed by atoms with E-state index in [4.69, 9.17) is 0 Å². The Morgan fingerprint density at radius 3 is 2.52 bits per heavy atom. The molecule has 2 unspecified atom stereocenters.